The summed E-state index contributed by atoms with van der Waals surface area (Å²) in [5.41, 5.74) is 0. The minimum atomic E-state index is -1.36. The van der Waals surface area contributed by atoms with Crippen LogP contribution in [-0.4, -0.2) is 53.2 Å². The summed E-state index contributed by atoms with van der Waals surface area (Å²) in [6, 6.07) is 0. The fraction of sp³-hybridized carbons (Fsp3) is 0.889. The molecule has 0 aliphatic rings. The number of ether oxygens (including phenoxy) is 2. The molecule has 0 bridgehead atoms. The molecule has 0 saturated carbocycles. The predicted octanol–water partition coefficient (Wildman–Crippen LogP) is 0.261. The highest BCUT2D eigenvalue weighted by atomic mass is 32.2. The average molecular weight is 238 g/mol. The Hall–Kier alpha value is -0.460. The van der Waals surface area contributed by atoms with Gasteiger partial charge in [-0.15, -0.1) is 0 Å². The number of aliphatic carboxylic acids is 1. The van der Waals surface area contributed by atoms with Gasteiger partial charge in [-0.2, -0.15) is 0 Å². The van der Waals surface area contributed by atoms with Crippen LogP contribution in [0.2, 0.25) is 0 Å². The van der Waals surface area contributed by atoms with Gasteiger partial charge in [-0.3, -0.25) is 9.00 Å². The van der Waals surface area contributed by atoms with Gasteiger partial charge in [0.2, 0.25) is 0 Å². The monoisotopic (exact) mass is 238 g/mol. The molecular formula is C9H18O5S. The summed E-state index contributed by atoms with van der Waals surface area (Å²) in [7, 11) is 0.210. The average Bonchev–Trinajstić information content (AvgIpc) is 2.18. The van der Waals surface area contributed by atoms with Crippen molar-refractivity contribution in [2.75, 3.05) is 32.7 Å². The first-order valence-corrected chi connectivity index (χ1v) is 6.18. The molecule has 0 aliphatic heterocycles. The first-order valence-electron chi connectivity index (χ1n) is 4.80. The number of rotatable bonds is 9. The molecule has 0 aromatic rings. The largest absolute Gasteiger partial charge is 0.480 e. The summed E-state index contributed by atoms with van der Waals surface area (Å²) in [5, 5.41) is 7.95. The van der Waals surface area contributed by atoms with Crippen molar-refractivity contribution in [3.8, 4) is 0 Å². The van der Waals surface area contributed by atoms with Gasteiger partial charge >= 0.3 is 5.97 Å². The van der Waals surface area contributed by atoms with E-state index >= 15 is 0 Å². The smallest absolute Gasteiger partial charge is 0.319 e. The van der Waals surface area contributed by atoms with Gasteiger partial charge in [0, 0.05) is 23.7 Å². The van der Waals surface area contributed by atoms with Gasteiger partial charge in [0.05, 0.1) is 19.8 Å². The van der Waals surface area contributed by atoms with Gasteiger partial charge in [0.1, 0.15) is 5.25 Å². The molecule has 0 rings (SSSR count). The lowest BCUT2D eigenvalue weighted by Crippen LogP contribution is -2.28. The van der Waals surface area contributed by atoms with Gasteiger partial charge < -0.3 is 14.6 Å². The van der Waals surface area contributed by atoms with Crippen LogP contribution in [0.1, 0.15) is 13.3 Å². The lowest BCUT2D eigenvalue weighted by atomic mass is 10.3. The molecule has 0 heterocycles. The van der Waals surface area contributed by atoms with E-state index in [2.05, 4.69) is 0 Å². The van der Waals surface area contributed by atoms with Crippen molar-refractivity contribution in [1.29, 1.82) is 0 Å². The lowest BCUT2D eigenvalue weighted by molar-refractivity contribution is -0.136. The first-order chi connectivity index (χ1) is 7.13. The highest BCUT2D eigenvalue weighted by Crippen LogP contribution is 2.02. The molecule has 90 valence electrons. The number of carboxylic acid groups (broad SMARTS) is 1. The summed E-state index contributed by atoms with van der Waals surface area (Å²) in [5.74, 6) is -0.748. The van der Waals surface area contributed by atoms with E-state index in [9.17, 15) is 9.00 Å². The van der Waals surface area contributed by atoms with Crippen LogP contribution in [0.4, 0.5) is 0 Å². The van der Waals surface area contributed by atoms with E-state index in [1.54, 1.807) is 14.0 Å². The normalized spacial score (nSPS) is 14.8. The van der Waals surface area contributed by atoms with Gasteiger partial charge in [-0.1, -0.05) is 6.92 Å². The summed E-state index contributed by atoms with van der Waals surface area (Å²) in [6.45, 7) is 2.95. The maximum Gasteiger partial charge on any atom is 0.319 e. The number of carbonyl (C=O) groups is 1. The maximum absolute atomic E-state index is 11.5. The number of hydrogen-bond acceptors (Lipinski definition) is 4. The van der Waals surface area contributed by atoms with Gasteiger partial charge in [-0.25, -0.2) is 0 Å². The number of methoxy groups -OCH3 is 1. The maximum atomic E-state index is 11.5. The zero-order chi connectivity index (χ0) is 11.7. The van der Waals surface area contributed by atoms with Crippen LogP contribution >= 0.6 is 0 Å². The molecule has 5 nitrogen and oxygen atoms in total. The van der Waals surface area contributed by atoms with E-state index in [0.717, 1.165) is 0 Å². The third-order valence-electron chi connectivity index (χ3n) is 1.82. The standard InChI is InChI=1S/C9H18O5S/c1-3-8(9(10)11)15(12)7-6-14-5-4-13-2/h8H,3-7H2,1-2H3,(H,10,11). The quantitative estimate of drug-likeness (QED) is 0.583. The van der Waals surface area contributed by atoms with Crippen LogP contribution in [0, 0.1) is 0 Å². The molecule has 0 aromatic carbocycles. The topological polar surface area (TPSA) is 72.8 Å². The van der Waals surface area contributed by atoms with Crippen LogP contribution < -0.4 is 0 Å². The Morgan fingerprint density at radius 3 is 2.53 bits per heavy atom. The van der Waals surface area contributed by atoms with Crippen molar-refractivity contribution < 1.29 is 23.6 Å². The van der Waals surface area contributed by atoms with Crippen LogP contribution in [0.15, 0.2) is 0 Å². The Morgan fingerprint density at radius 2 is 2.07 bits per heavy atom. The van der Waals surface area contributed by atoms with E-state index in [1.807, 2.05) is 0 Å². The van der Waals surface area contributed by atoms with Crippen LogP contribution in [0.3, 0.4) is 0 Å². The van der Waals surface area contributed by atoms with Crippen LogP contribution in [0.25, 0.3) is 0 Å². The van der Waals surface area contributed by atoms with Gasteiger partial charge in [0.25, 0.3) is 0 Å². The Bertz CT molecular complexity index is 207. The van der Waals surface area contributed by atoms with Crippen LogP contribution in [0.5, 0.6) is 0 Å². The summed E-state index contributed by atoms with van der Waals surface area (Å²) in [6.07, 6.45) is 0.375. The van der Waals surface area contributed by atoms with E-state index in [4.69, 9.17) is 14.6 Å². The molecule has 0 amide bonds. The third-order valence-corrected chi connectivity index (χ3v) is 3.56. The van der Waals surface area contributed by atoms with E-state index in [-0.39, 0.29) is 5.75 Å². The van der Waals surface area contributed by atoms with Crippen molar-refractivity contribution in [2.24, 2.45) is 0 Å². The molecule has 2 unspecified atom stereocenters. The number of hydrogen-bond donors (Lipinski definition) is 1. The van der Waals surface area contributed by atoms with Crippen molar-refractivity contribution in [2.45, 2.75) is 18.6 Å². The molecule has 15 heavy (non-hydrogen) atoms. The second-order valence-electron chi connectivity index (χ2n) is 2.93. The third kappa shape index (κ3) is 6.59. The van der Waals surface area contributed by atoms with Crippen molar-refractivity contribution >= 4 is 16.8 Å². The van der Waals surface area contributed by atoms with Crippen molar-refractivity contribution in [3.05, 3.63) is 0 Å². The fourth-order valence-electron chi connectivity index (χ4n) is 1.00. The summed E-state index contributed by atoms with van der Waals surface area (Å²) < 4.78 is 21.3. The van der Waals surface area contributed by atoms with Gasteiger partial charge in [-0.05, 0) is 6.42 Å². The zero-order valence-electron chi connectivity index (χ0n) is 9.10. The highest BCUT2D eigenvalue weighted by molar-refractivity contribution is 7.86. The molecule has 0 radical (unpaired) electrons. The number of carboxylic acids is 1. The van der Waals surface area contributed by atoms with Crippen molar-refractivity contribution in [1.82, 2.24) is 0 Å². The van der Waals surface area contributed by atoms with Crippen LogP contribution in [-0.2, 0) is 25.1 Å². The van der Waals surface area contributed by atoms with E-state index in [1.165, 1.54) is 0 Å². The molecule has 0 aliphatic carbocycles. The van der Waals surface area contributed by atoms with Crippen molar-refractivity contribution in [3.63, 3.8) is 0 Å². The second-order valence-corrected chi connectivity index (χ2v) is 4.66. The second kappa shape index (κ2) is 8.82. The molecule has 2 atom stereocenters. The summed E-state index contributed by atoms with van der Waals surface area (Å²) >= 11 is 0. The Labute approximate surface area is 92.2 Å². The Balaban J connectivity index is 3.67. The minimum absolute atomic E-state index is 0.258. The predicted molar refractivity (Wildman–Crippen MR) is 57.4 cm³/mol. The Morgan fingerprint density at radius 1 is 1.40 bits per heavy atom. The highest BCUT2D eigenvalue weighted by Gasteiger charge is 2.21. The molecule has 0 fully saturated rings. The minimum Gasteiger partial charge on any atom is -0.480 e. The molecular weight excluding hydrogens is 220 g/mol. The summed E-state index contributed by atoms with van der Waals surface area (Å²) in [4.78, 5) is 10.7. The van der Waals surface area contributed by atoms with Gasteiger partial charge in [0.15, 0.2) is 0 Å². The SMILES string of the molecule is CCC(C(=O)O)S(=O)CCOCCOC. The fourth-order valence-corrected chi connectivity index (χ4v) is 2.16. The molecule has 0 saturated heterocycles. The molecule has 0 spiro atoms. The zero-order valence-corrected chi connectivity index (χ0v) is 9.92. The lowest BCUT2D eigenvalue weighted by Gasteiger charge is -2.09. The molecule has 0 aromatic heterocycles. The molecule has 6 heteroatoms. The Kier molecular flexibility index (Phi) is 8.55. The van der Waals surface area contributed by atoms with E-state index in [0.29, 0.717) is 26.2 Å². The van der Waals surface area contributed by atoms with E-state index < -0.39 is 22.0 Å². The molecule has 1 N–H and O–H groups in total. The first kappa shape index (κ1) is 14.5.